The zero-order valence-electron chi connectivity index (χ0n) is 6.38. The average molecular weight is 273 g/mol. The van der Waals surface area contributed by atoms with Crippen LogP contribution in [0.15, 0.2) is 9.98 Å². The maximum Gasteiger partial charge on any atom is 0.265 e. The van der Waals surface area contributed by atoms with E-state index in [1.165, 1.54) is 11.3 Å². The summed E-state index contributed by atoms with van der Waals surface area (Å²) in [7, 11) is 0. The van der Waals surface area contributed by atoms with E-state index in [1.54, 1.807) is 5.38 Å². The van der Waals surface area contributed by atoms with Gasteiger partial charge in [0.25, 0.3) is 6.43 Å². The van der Waals surface area contributed by atoms with Crippen LogP contribution in [0.5, 0.6) is 0 Å². The Morgan fingerprint density at radius 1 is 1.69 bits per heavy atom. The second-order valence-electron chi connectivity index (χ2n) is 2.26. The lowest BCUT2D eigenvalue weighted by molar-refractivity contribution is 0.00384. The number of nitrogens with one attached hydrogen (secondary N) is 1. The van der Waals surface area contributed by atoms with E-state index in [4.69, 9.17) is 5.11 Å². The molecule has 1 unspecified atom stereocenters. The van der Waals surface area contributed by atoms with Crippen molar-refractivity contribution in [1.29, 1.82) is 0 Å². The van der Waals surface area contributed by atoms with Crippen molar-refractivity contribution < 1.29 is 13.9 Å². The predicted octanol–water partition coefficient (Wildman–Crippen LogP) is 1.94. The van der Waals surface area contributed by atoms with Gasteiger partial charge in [0.15, 0.2) is 5.13 Å². The highest BCUT2D eigenvalue weighted by Crippen LogP contribution is 2.19. The van der Waals surface area contributed by atoms with E-state index >= 15 is 0 Å². The third-order valence-corrected chi connectivity index (χ3v) is 2.74. The van der Waals surface area contributed by atoms with Gasteiger partial charge in [-0.05, 0) is 15.9 Å². The number of alkyl halides is 2. The van der Waals surface area contributed by atoms with Crippen molar-refractivity contribution in [2.24, 2.45) is 0 Å². The molecule has 0 amide bonds. The molecule has 7 heteroatoms. The summed E-state index contributed by atoms with van der Waals surface area (Å²) in [5, 5.41) is 13.6. The van der Waals surface area contributed by atoms with Gasteiger partial charge in [0.05, 0.1) is 0 Å². The smallest absolute Gasteiger partial charge is 0.265 e. The summed E-state index contributed by atoms with van der Waals surface area (Å²) in [4.78, 5) is 3.91. The molecule has 0 fully saturated rings. The number of thiazole rings is 1. The summed E-state index contributed by atoms with van der Waals surface area (Å²) in [5.41, 5.74) is 0. The van der Waals surface area contributed by atoms with Gasteiger partial charge in [-0.1, -0.05) is 0 Å². The Kier molecular flexibility index (Phi) is 4.01. The topological polar surface area (TPSA) is 45.1 Å². The number of aliphatic hydroxyl groups excluding tert-OH is 1. The Morgan fingerprint density at radius 3 is 2.85 bits per heavy atom. The van der Waals surface area contributed by atoms with Crippen molar-refractivity contribution in [3.05, 3.63) is 9.98 Å². The molecule has 0 aliphatic carbocycles. The lowest BCUT2D eigenvalue weighted by Crippen LogP contribution is -2.26. The third kappa shape index (κ3) is 3.53. The van der Waals surface area contributed by atoms with E-state index in [1.807, 2.05) is 0 Å². The van der Waals surface area contributed by atoms with Gasteiger partial charge >= 0.3 is 0 Å². The molecule has 74 valence electrons. The lowest BCUT2D eigenvalue weighted by atomic mass is 10.4. The first-order valence-corrected chi connectivity index (χ1v) is 5.08. The standard InChI is InChI=1S/C6H7BrF2N2OS/c7-4-2-13-6(11-4)10-1-3(12)5(8)9/h2-3,5,12H,1H2,(H,10,11). The fourth-order valence-electron chi connectivity index (χ4n) is 0.616. The van der Waals surface area contributed by atoms with Crippen LogP contribution in [0.3, 0.4) is 0 Å². The molecule has 1 aromatic heterocycles. The summed E-state index contributed by atoms with van der Waals surface area (Å²) in [5.74, 6) is 0. The number of rotatable bonds is 4. The monoisotopic (exact) mass is 272 g/mol. The zero-order valence-corrected chi connectivity index (χ0v) is 8.78. The van der Waals surface area contributed by atoms with Crippen molar-refractivity contribution in [3.8, 4) is 0 Å². The van der Waals surface area contributed by atoms with E-state index in [2.05, 4.69) is 26.2 Å². The lowest BCUT2D eigenvalue weighted by Gasteiger charge is -2.08. The van der Waals surface area contributed by atoms with Crippen LogP contribution < -0.4 is 5.32 Å². The Morgan fingerprint density at radius 2 is 2.38 bits per heavy atom. The van der Waals surface area contributed by atoms with Gasteiger partial charge in [-0.3, -0.25) is 0 Å². The maximum atomic E-state index is 11.8. The van der Waals surface area contributed by atoms with Crippen molar-refractivity contribution in [1.82, 2.24) is 4.98 Å². The number of hydrogen-bond donors (Lipinski definition) is 2. The largest absolute Gasteiger partial charge is 0.385 e. The molecule has 1 heterocycles. The molecule has 0 saturated carbocycles. The van der Waals surface area contributed by atoms with Crippen LogP contribution in [0.2, 0.25) is 0 Å². The van der Waals surface area contributed by atoms with Gasteiger partial charge in [-0.2, -0.15) is 0 Å². The van der Waals surface area contributed by atoms with Crippen molar-refractivity contribution in [3.63, 3.8) is 0 Å². The first-order valence-electron chi connectivity index (χ1n) is 3.40. The molecule has 0 aliphatic rings. The number of aromatic nitrogens is 1. The van der Waals surface area contributed by atoms with E-state index in [-0.39, 0.29) is 6.54 Å². The summed E-state index contributed by atoms with van der Waals surface area (Å²) in [6.07, 6.45) is -4.38. The molecular formula is C6H7BrF2N2OS. The fraction of sp³-hybridized carbons (Fsp3) is 0.500. The summed E-state index contributed by atoms with van der Waals surface area (Å²) >= 11 is 4.39. The van der Waals surface area contributed by atoms with Crippen LogP contribution in [0.1, 0.15) is 0 Å². The minimum absolute atomic E-state index is 0.197. The highest BCUT2D eigenvalue weighted by Gasteiger charge is 2.16. The van der Waals surface area contributed by atoms with Gasteiger partial charge < -0.3 is 10.4 Å². The Hall–Kier alpha value is -0.270. The van der Waals surface area contributed by atoms with Crippen LogP contribution in [0.4, 0.5) is 13.9 Å². The Bertz CT molecular complexity index is 271. The molecule has 3 nitrogen and oxygen atoms in total. The summed E-state index contributed by atoms with van der Waals surface area (Å²) in [6, 6.07) is 0. The molecule has 1 rings (SSSR count). The van der Waals surface area contributed by atoms with Crippen LogP contribution in [0.25, 0.3) is 0 Å². The third-order valence-electron chi connectivity index (χ3n) is 1.23. The molecule has 0 radical (unpaired) electrons. The number of halogens is 3. The molecule has 0 saturated heterocycles. The van der Waals surface area contributed by atoms with Gasteiger partial charge in [0.1, 0.15) is 10.7 Å². The summed E-state index contributed by atoms with van der Waals surface area (Å²) in [6.45, 7) is -0.197. The van der Waals surface area contributed by atoms with Crippen molar-refractivity contribution in [2.45, 2.75) is 12.5 Å². The highest BCUT2D eigenvalue weighted by molar-refractivity contribution is 9.10. The Balaban J connectivity index is 2.35. The molecule has 1 atom stereocenters. The molecule has 0 bridgehead atoms. The number of nitrogens with zero attached hydrogens (tertiary/aromatic N) is 1. The normalized spacial score (nSPS) is 13.3. The second-order valence-corrected chi connectivity index (χ2v) is 3.93. The molecular weight excluding hydrogens is 266 g/mol. The number of anilines is 1. The maximum absolute atomic E-state index is 11.8. The van der Waals surface area contributed by atoms with Gasteiger partial charge in [-0.15, -0.1) is 11.3 Å². The molecule has 13 heavy (non-hydrogen) atoms. The molecule has 0 spiro atoms. The predicted molar refractivity (Wildman–Crippen MR) is 50.3 cm³/mol. The quantitative estimate of drug-likeness (QED) is 0.881. The van der Waals surface area contributed by atoms with E-state index < -0.39 is 12.5 Å². The number of aliphatic hydroxyl groups is 1. The van der Waals surface area contributed by atoms with Crippen molar-refractivity contribution in [2.75, 3.05) is 11.9 Å². The van der Waals surface area contributed by atoms with E-state index in [0.717, 1.165) is 0 Å². The summed E-state index contributed by atoms with van der Waals surface area (Å²) < 4.78 is 24.3. The molecule has 0 aliphatic heterocycles. The van der Waals surface area contributed by atoms with Gasteiger partial charge in [-0.25, -0.2) is 13.8 Å². The first-order chi connectivity index (χ1) is 6.09. The van der Waals surface area contributed by atoms with Crippen LogP contribution in [-0.2, 0) is 0 Å². The average Bonchev–Trinajstić information content (AvgIpc) is 2.47. The van der Waals surface area contributed by atoms with Crippen LogP contribution in [0, 0.1) is 0 Å². The minimum Gasteiger partial charge on any atom is -0.385 e. The second kappa shape index (κ2) is 4.83. The van der Waals surface area contributed by atoms with Crippen molar-refractivity contribution >= 4 is 32.4 Å². The Labute approximate surface area is 85.9 Å². The number of hydrogen-bond acceptors (Lipinski definition) is 4. The minimum atomic E-state index is -2.73. The van der Waals surface area contributed by atoms with Crippen LogP contribution >= 0.6 is 27.3 Å². The SMILES string of the molecule is OC(CNc1nc(Br)cs1)C(F)F. The van der Waals surface area contributed by atoms with E-state index in [0.29, 0.717) is 9.73 Å². The van der Waals surface area contributed by atoms with E-state index in [9.17, 15) is 8.78 Å². The molecule has 2 N–H and O–H groups in total. The zero-order chi connectivity index (χ0) is 9.84. The molecule has 1 aromatic rings. The fourth-order valence-corrected chi connectivity index (χ4v) is 1.77. The van der Waals surface area contributed by atoms with Gasteiger partial charge in [0, 0.05) is 11.9 Å². The first kappa shape index (κ1) is 10.8. The highest BCUT2D eigenvalue weighted by atomic mass is 79.9. The van der Waals surface area contributed by atoms with Gasteiger partial charge in [0.2, 0.25) is 0 Å². The van der Waals surface area contributed by atoms with Crippen LogP contribution in [-0.4, -0.2) is 29.2 Å². The molecule has 0 aromatic carbocycles.